The van der Waals surface area contributed by atoms with E-state index in [9.17, 15) is 14.7 Å². The summed E-state index contributed by atoms with van der Waals surface area (Å²) in [6, 6.07) is 0.256. The van der Waals surface area contributed by atoms with Crippen molar-refractivity contribution in [3.8, 4) is 0 Å². The van der Waals surface area contributed by atoms with E-state index in [4.69, 9.17) is 0 Å². The van der Waals surface area contributed by atoms with Gasteiger partial charge in [-0.25, -0.2) is 0 Å². The van der Waals surface area contributed by atoms with Crippen molar-refractivity contribution >= 4 is 11.9 Å². The molecule has 2 fully saturated rings. The fraction of sp³-hybridized carbons (Fsp3) is 0.882. The molecule has 4 nitrogen and oxygen atoms in total. The van der Waals surface area contributed by atoms with Gasteiger partial charge in [0, 0.05) is 6.04 Å². The first kappa shape index (κ1) is 16.3. The van der Waals surface area contributed by atoms with Crippen LogP contribution in [0.5, 0.6) is 0 Å². The van der Waals surface area contributed by atoms with Crippen LogP contribution in [0, 0.1) is 23.7 Å². The lowest BCUT2D eigenvalue weighted by Crippen LogP contribution is -2.45. The molecule has 1 amide bonds. The predicted octanol–water partition coefficient (Wildman–Crippen LogP) is 3.21. The molecular formula is C17H29NO3. The lowest BCUT2D eigenvalue weighted by Gasteiger charge is -2.32. The number of carboxylic acid groups (broad SMARTS) is 1. The van der Waals surface area contributed by atoms with E-state index < -0.39 is 11.9 Å². The maximum absolute atomic E-state index is 12.6. The molecule has 0 bridgehead atoms. The van der Waals surface area contributed by atoms with Crippen LogP contribution in [0.2, 0.25) is 0 Å². The molecule has 0 aromatic rings. The molecule has 0 spiro atoms. The Hall–Kier alpha value is -1.06. The summed E-state index contributed by atoms with van der Waals surface area (Å²) in [6.07, 6.45) is 8.12. The summed E-state index contributed by atoms with van der Waals surface area (Å²) < 4.78 is 0. The highest BCUT2D eigenvalue weighted by atomic mass is 16.4. The van der Waals surface area contributed by atoms with Crippen LogP contribution in [-0.4, -0.2) is 23.0 Å². The number of carbonyl (C=O) groups excluding carboxylic acids is 1. The van der Waals surface area contributed by atoms with E-state index >= 15 is 0 Å². The van der Waals surface area contributed by atoms with Crippen LogP contribution >= 0.6 is 0 Å². The minimum atomic E-state index is -0.804. The zero-order valence-electron chi connectivity index (χ0n) is 13.3. The smallest absolute Gasteiger partial charge is 0.307 e. The summed E-state index contributed by atoms with van der Waals surface area (Å²) in [5, 5.41) is 12.6. The van der Waals surface area contributed by atoms with Crippen molar-refractivity contribution in [3.05, 3.63) is 0 Å². The van der Waals surface area contributed by atoms with E-state index in [0.29, 0.717) is 18.3 Å². The third-order valence-corrected chi connectivity index (χ3v) is 5.65. The molecule has 2 aliphatic carbocycles. The van der Waals surface area contributed by atoms with Gasteiger partial charge in [-0.15, -0.1) is 0 Å². The largest absolute Gasteiger partial charge is 0.481 e. The first-order valence-corrected chi connectivity index (χ1v) is 8.59. The molecule has 0 heterocycles. The number of aliphatic carboxylic acids is 1. The van der Waals surface area contributed by atoms with Gasteiger partial charge in [-0.2, -0.15) is 0 Å². The molecule has 0 radical (unpaired) electrons. The molecule has 4 heteroatoms. The molecule has 0 aliphatic heterocycles. The number of rotatable bonds is 5. The fourth-order valence-electron chi connectivity index (χ4n) is 4.22. The Labute approximate surface area is 127 Å². The number of hydrogen-bond donors (Lipinski definition) is 2. The number of carbonyl (C=O) groups is 2. The van der Waals surface area contributed by atoms with Gasteiger partial charge < -0.3 is 10.4 Å². The Bertz CT molecular complexity index is 382. The van der Waals surface area contributed by atoms with Gasteiger partial charge in [0.25, 0.3) is 0 Å². The average Bonchev–Trinajstić information content (AvgIpc) is 2.92. The van der Waals surface area contributed by atoms with Gasteiger partial charge in [-0.05, 0) is 37.5 Å². The number of hydrogen-bond acceptors (Lipinski definition) is 2. The summed E-state index contributed by atoms with van der Waals surface area (Å²) in [6.45, 7) is 4.26. The molecule has 0 saturated heterocycles. The number of nitrogens with one attached hydrogen (secondary N) is 1. The van der Waals surface area contributed by atoms with Crippen LogP contribution in [0.4, 0.5) is 0 Å². The summed E-state index contributed by atoms with van der Waals surface area (Å²) >= 11 is 0. The fourth-order valence-corrected chi connectivity index (χ4v) is 4.22. The molecule has 0 aromatic carbocycles. The SMILES string of the molecule is CCC1CC(C(=O)O)C(C(=O)NC2CCCCC2CC)C1. The van der Waals surface area contributed by atoms with Crippen molar-refractivity contribution < 1.29 is 14.7 Å². The Kier molecular flexibility index (Phi) is 5.65. The Balaban J connectivity index is 1.99. The minimum Gasteiger partial charge on any atom is -0.481 e. The van der Waals surface area contributed by atoms with Crippen molar-refractivity contribution in [2.24, 2.45) is 23.7 Å². The van der Waals surface area contributed by atoms with E-state index in [1.165, 1.54) is 19.3 Å². The van der Waals surface area contributed by atoms with Crippen LogP contribution in [0.25, 0.3) is 0 Å². The predicted molar refractivity (Wildman–Crippen MR) is 81.8 cm³/mol. The molecule has 120 valence electrons. The van der Waals surface area contributed by atoms with Gasteiger partial charge in [-0.3, -0.25) is 9.59 Å². The number of carboxylic acids is 1. The second-order valence-electron chi connectivity index (χ2n) is 6.86. The highest BCUT2D eigenvalue weighted by molar-refractivity contribution is 5.85. The quantitative estimate of drug-likeness (QED) is 0.818. The molecule has 0 aromatic heterocycles. The topological polar surface area (TPSA) is 66.4 Å². The molecule has 5 unspecified atom stereocenters. The van der Waals surface area contributed by atoms with Gasteiger partial charge in [0.15, 0.2) is 0 Å². The van der Waals surface area contributed by atoms with Gasteiger partial charge in [0.1, 0.15) is 0 Å². The molecule has 2 rings (SSSR count). The Morgan fingerprint density at radius 1 is 1.05 bits per heavy atom. The third kappa shape index (κ3) is 3.78. The third-order valence-electron chi connectivity index (χ3n) is 5.65. The van der Waals surface area contributed by atoms with E-state index in [0.717, 1.165) is 25.7 Å². The van der Waals surface area contributed by atoms with Crippen molar-refractivity contribution in [3.63, 3.8) is 0 Å². The Morgan fingerprint density at radius 3 is 2.33 bits per heavy atom. The molecular weight excluding hydrogens is 266 g/mol. The highest BCUT2D eigenvalue weighted by Gasteiger charge is 2.42. The lowest BCUT2D eigenvalue weighted by atomic mass is 9.82. The van der Waals surface area contributed by atoms with Crippen molar-refractivity contribution in [2.75, 3.05) is 0 Å². The van der Waals surface area contributed by atoms with Crippen LogP contribution in [0.3, 0.4) is 0 Å². The van der Waals surface area contributed by atoms with Crippen LogP contribution in [0.1, 0.15) is 65.2 Å². The van der Waals surface area contributed by atoms with E-state index in [2.05, 4.69) is 19.2 Å². The zero-order chi connectivity index (χ0) is 15.4. The van der Waals surface area contributed by atoms with Gasteiger partial charge in [0.2, 0.25) is 5.91 Å². The number of amides is 1. The summed E-state index contributed by atoms with van der Waals surface area (Å²) in [5.41, 5.74) is 0. The second-order valence-corrected chi connectivity index (χ2v) is 6.86. The molecule has 21 heavy (non-hydrogen) atoms. The summed E-state index contributed by atoms with van der Waals surface area (Å²) in [5.74, 6) is -0.680. The Morgan fingerprint density at radius 2 is 1.71 bits per heavy atom. The highest BCUT2D eigenvalue weighted by Crippen LogP contribution is 2.39. The van der Waals surface area contributed by atoms with Crippen molar-refractivity contribution in [1.29, 1.82) is 0 Å². The maximum atomic E-state index is 12.6. The minimum absolute atomic E-state index is 0.0105. The normalized spacial score (nSPS) is 36.4. The van der Waals surface area contributed by atoms with Gasteiger partial charge >= 0.3 is 5.97 Å². The monoisotopic (exact) mass is 295 g/mol. The molecule has 5 atom stereocenters. The van der Waals surface area contributed by atoms with Crippen molar-refractivity contribution in [2.45, 2.75) is 71.3 Å². The van der Waals surface area contributed by atoms with E-state index in [1.807, 2.05) is 0 Å². The standard InChI is InChI=1S/C17H29NO3/c1-3-11-9-13(14(10-11)17(20)21)16(19)18-15-8-6-5-7-12(15)4-2/h11-15H,3-10H2,1-2H3,(H,18,19)(H,20,21). The summed E-state index contributed by atoms with van der Waals surface area (Å²) in [4.78, 5) is 24.0. The molecule has 2 aliphatic rings. The average molecular weight is 295 g/mol. The first-order valence-electron chi connectivity index (χ1n) is 8.59. The van der Waals surface area contributed by atoms with E-state index in [-0.39, 0.29) is 17.9 Å². The van der Waals surface area contributed by atoms with Crippen LogP contribution < -0.4 is 5.32 Å². The molecule has 2 saturated carbocycles. The van der Waals surface area contributed by atoms with Crippen molar-refractivity contribution in [1.82, 2.24) is 5.32 Å². The van der Waals surface area contributed by atoms with Gasteiger partial charge in [0.05, 0.1) is 11.8 Å². The summed E-state index contributed by atoms with van der Waals surface area (Å²) in [7, 11) is 0. The zero-order valence-corrected chi connectivity index (χ0v) is 13.3. The molecule has 2 N–H and O–H groups in total. The maximum Gasteiger partial charge on any atom is 0.307 e. The second kappa shape index (κ2) is 7.28. The van der Waals surface area contributed by atoms with Gasteiger partial charge in [-0.1, -0.05) is 39.5 Å². The van der Waals surface area contributed by atoms with E-state index in [1.54, 1.807) is 0 Å². The lowest BCUT2D eigenvalue weighted by molar-refractivity contribution is -0.146. The van der Waals surface area contributed by atoms with Crippen LogP contribution in [-0.2, 0) is 9.59 Å². The first-order chi connectivity index (χ1) is 10.1. The van der Waals surface area contributed by atoms with Crippen LogP contribution in [0.15, 0.2) is 0 Å².